The molecule has 1 N–H and O–H groups in total. The number of carbonyl (C=O) groups is 1. The molecule has 2 aliphatic heterocycles. The van der Waals surface area contributed by atoms with E-state index < -0.39 is 0 Å². The molecule has 1 amide bonds. The molecular weight excluding hydrogens is 336 g/mol. The van der Waals surface area contributed by atoms with Crippen molar-refractivity contribution in [1.82, 2.24) is 15.2 Å². The third-order valence-electron chi connectivity index (χ3n) is 5.64. The minimum atomic E-state index is -0.214. The fourth-order valence-electron chi connectivity index (χ4n) is 4.28. The smallest absolute Gasteiger partial charge is 0.242 e. The van der Waals surface area contributed by atoms with E-state index in [1.807, 2.05) is 18.3 Å². The van der Waals surface area contributed by atoms with Crippen molar-refractivity contribution in [3.63, 3.8) is 0 Å². The molecule has 0 bridgehead atoms. The van der Waals surface area contributed by atoms with Gasteiger partial charge in [-0.3, -0.25) is 14.7 Å². The Morgan fingerprint density at radius 1 is 1.11 bits per heavy atom. The highest BCUT2D eigenvalue weighted by atomic mass is 16.2. The summed E-state index contributed by atoms with van der Waals surface area (Å²) in [5, 5.41) is 3.17. The van der Waals surface area contributed by atoms with Gasteiger partial charge in [0.1, 0.15) is 6.04 Å². The summed E-state index contributed by atoms with van der Waals surface area (Å²) in [6, 6.07) is 12.3. The summed E-state index contributed by atoms with van der Waals surface area (Å²) in [7, 11) is 0. The minimum absolute atomic E-state index is 0.103. The average molecular weight is 364 g/mol. The van der Waals surface area contributed by atoms with Gasteiger partial charge < -0.3 is 10.2 Å². The van der Waals surface area contributed by atoms with Gasteiger partial charge in [0, 0.05) is 37.7 Å². The molecule has 2 aliphatic rings. The van der Waals surface area contributed by atoms with Gasteiger partial charge >= 0.3 is 0 Å². The van der Waals surface area contributed by atoms with Crippen LogP contribution in [0.2, 0.25) is 0 Å². The molecule has 0 saturated carbocycles. The first-order valence-electron chi connectivity index (χ1n) is 10.1. The molecular formula is C22H28N4O. The van der Waals surface area contributed by atoms with Crippen LogP contribution in [0, 0.1) is 0 Å². The summed E-state index contributed by atoms with van der Waals surface area (Å²) in [6.07, 6.45) is 8.00. The predicted octanol–water partition coefficient (Wildman–Crippen LogP) is 2.79. The number of carbonyl (C=O) groups excluding carboxylic acids is 1. The molecule has 5 nitrogen and oxygen atoms in total. The Morgan fingerprint density at radius 3 is 2.78 bits per heavy atom. The lowest BCUT2D eigenvalue weighted by molar-refractivity contribution is -0.126. The van der Waals surface area contributed by atoms with Crippen molar-refractivity contribution in [3.05, 3.63) is 59.9 Å². The van der Waals surface area contributed by atoms with E-state index in [-0.39, 0.29) is 11.9 Å². The largest absolute Gasteiger partial charge is 0.371 e. The van der Waals surface area contributed by atoms with Crippen molar-refractivity contribution in [2.75, 3.05) is 37.6 Å². The van der Waals surface area contributed by atoms with Crippen molar-refractivity contribution in [3.8, 4) is 0 Å². The third kappa shape index (κ3) is 4.14. The number of nitrogens with one attached hydrogen (secondary N) is 1. The molecule has 4 rings (SSSR count). The van der Waals surface area contributed by atoms with Gasteiger partial charge in [0.2, 0.25) is 5.91 Å². The molecule has 1 aromatic heterocycles. The zero-order chi connectivity index (χ0) is 18.5. The summed E-state index contributed by atoms with van der Waals surface area (Å²) in [5.74, 6) is 0.103. The number of hydrogen-bond acceptors (Lipinski definition) is 4. The summed E-state index contributed by atoms with van der Waals surface area (Å²) in [5.41, 5.74) is 3.78. The number of nitrogens with zero attached hydrogens (tertiary/aromatic N) is 3. The maximum atomic E-state index is 12.9. The molecule has 0 radical (unpaired) electrons. The lowest BCUT2D eigenvalue weighted by Crippen LogP contribution is -2.40. The van der Waals surface area contributed by atoms with E-state index in [9.17, 15) is 4.79 Å². The summed E-state index contributed by atoms with van der Waals surface area (Å²) in [6.45, 7) is 4.75. The Bertz CT molecular complexity index is 758. The first-order valence-corrected chi connectivity index (χ1v) is 10.1. The van der Waals surface area contributed by atoms with E-state index in [4.69, 9.17) is 0 Å². The Morgan fingerprint density at radius 2 is 1.96 bits per heavy atom. The molecule has 0 aliphatic carbocycles. The number of anilines is 1. The van der Waals surface area contributed by atoms with Gasteiger partial charge in [0.25, 0.3) is 0 Å². The van der Waals surface area contributed by atoms with Crippen molar-refractivity contribution in [1.29, 1.82) is 0 Å². The molecule has 1 aromatic carbocycles. The third-order valence-corrected chi connectivity index (χ3v) is 5.64. The number of pyridine rings is 1. The van der Waals surface area contributed by atoms with Crippen LogP contribution in [0.3, 0.4) is 0 Å². The molecule has 0 spiro atoms. The first-order chi connectivity index (χ1) is 13.3. The van der Waals surface area contributed by atoms with Gasteiger partial charge in [0.15, 0.2) is 0 Å². The van der Waals surface area contributed by atoms with Gasteiger partial charge in [-0.2, -0.15) is 0 Å². The molecule has 3 heterocycles. The highest BCUT2D eigenvalue weighted by Crippen LogP contribution is 2.27. The zero-order valence-electron chi connectivity index (χ0n) is 15.8. The molecule has 1 unspecified atom stereocenters. The molecule has 1 saturated heterocycles. The fourth-order valence-corrected chi connectivity index (χ4v) is 4.28. The quantitative estimate of drug-likeness (QED) is 0.768. The molecule has 1 atom stereocenters. The highest BCUT2D eigenvalue weighted by molar-refractivity contribution is 5.83. The standard InChI is InChI=1S/C22H28N4O/c27-22(21(26-13-3-4-14-26)19-8-5-11-23-17-19)24-12-6-15-25-16-10-18-7-1-2-9-20(18)25/h1-2,5,7-9,11,17,21H,3-4,6,10,12-16H2,(H,24,27). The van der Waals surface area contributed by atoms with Crippen LogP contribution in [0.25, 0.3) is 0 Å². The van der Waals surface area contributed by atoms with Crippen molar-refractivity contribution >= 4 is 11.6 Å². The van der Waals surface area contributed by atoms with Crippen molar-refractivity contribution in [2.24, 2.45) is 0 Å². The van der Waals surface area contributed by atoms with Crippen LogP contribution in [0.1, 0.15) is 36.4 Å². The number of benzene rings is 1. The van der Waals surface area contributed by atoms with Crippen molar-refractivity contribution < 1.29 is 4.79 Å². The Hall–Kier alpha value is -2.40. The normalized spacial score (nSPS) is 17.7. The van der Waals surface area contributed by atoms with Crippen LogP contribution >= 0.6 is 0 Å². The fraction of sp³-hybridized carbons (Fsp3) is 0.455. The second-order valence-corrected chi connectivity index (χ2v) is 7.44. The van der Waals surface area contributed by atoms with Gasteiger partial charge in [0.05, 0.1) is 0 Å². The second kappa shape index (κ2) is 8.53. The maximum Gasteiger partial charge on any atom is 0.242 e. The van der Waals surface area contributed by atoms with Crippen LogP contribution < -0.4 is 10.2 Å². The number of para-hydroxylation sites is 1. The zero-order valence-corrected chi connectivity index (χ0v) is 15.8. The monoisotopic (exact) mass is 364 g/mol. The van der Waals surface area contributed by atoms with Gasteiger partial charge in [-0.25, -0.2) is 0 Å². The Labute approximate surface area is 161 Å². The lowest BCUT2D eigenvalue weighted by Gasteiger charge is -2.27. The number of fused-ring (bicyclic) bond motifs is 1. The predicted molar refractivity (Wildman–Crippen MR) is 108 cm³/mol. The Balaban J connectivity index is 1.31. The van der Waals surface area contributed by atoms with Crippen molar-refractivity contribution in [2.45, 2.75) is 31.7 Å². The highest BCUT2D eigenvalue weighted by Gasteiger charge is 2.29. The number of rotatable bonds is 7. The average Bonchev–Trinajstić information content (AvgIpc) is 3.37. The number of likely N-dealkylation sites (tertiary alicyclic amines) is 1. The SMILES string of the molecule is O=C(NCCCN1CCc2ccccc21)C(c1cccnc1)N1CCCC1. The molecule has 5 heteroatoms. The van der Waals surface area contributed by atoms with Crippen LogP contribution in [0.5, 0.6) is 0 Å². The van der Waals surface area contributed by atoms with E-state index in [0.717, 1.165) is 44.6 Å². The van der Waals surface area contributed by atoms with Crippen LogP contribution in [0.4, 0.5) is 5.69 Å². The van der Waals surface area contributed by atoms with E-state index in [0.29, 0.717) is 6.54 Å². The maximum absolute atomic E-state index is 12.9. The van der Waals surface area contributed by atoms with Crippen LogP contribution in [0.15, 0.2) is 48.8 Å². The van der Waals surface area contributed by atoms with E-state index in [2.05, 4.69) is 44.4 Å². The minimum Gasteiger partial charge on any atom is -0.371 e. The van der Waals surface area contributed by atoms with E-state index in [1.54, 1.807) is 6.20 Å². The first kappa shape index (κ1) is 18.0. The topological polar surface area (TPSA) is 48.5 Å². The number of hydrogen-bond donors (Lipinski definition) is 1. The summed E-state index contributed by atoms with van der Waals surface area (Å²) < 4.78 is 0. The number of amides is 1. The van der Waals surface area contributed by atoms with Gasteiger partial charge in [-0.1, -0.05) is 24.3 Å². The lowest BCUT2D eigenvalue weighted by atomic mass is 10.1. The van der Waals surface area contributed by atoms with Crippen LogP contribution in [-0.4, -0.2) is 48.5 Å². The van der Waals surface area contributed by atoms with E-state index in [1.165, 1.54) is 24.1 Å². The second-order valence-electron chi connectivity index (χ2n) is 7.44. The number of aromatic nitrogens is 1. The van der Waals surface area contributed by atoms with Crippen LogP contribution in [-0.2, 0) is 11.2 Å². The molecule has 142 valence electrons. The summed E-state index contributed by atoms with van der Waals surface area (Å²) in [4.78, 5) is 21.9. The van der Waals surface area contributed by atoms with Gasteiger partial charge in [-0.15, -0.1) is 0 Å². The Kier molecular flexibility index (Phi) is 5.68. The van der Waals surface area contributed by atoms with Gasteiger partial charge in [-0.05, 0) is 62.0 Å². The molecule has 1 fully saturated rings. The summed E-state index contributed by atoms with van der Waals surface area (Å²) >= 11 is 0. The van der Waals surface area contributed by atoms with E-state index >= 15 is 0 Å². The molecule has 27 heavy (non-hydrogen) atoms. The molecule has 2 aromatic rings.